The van der Waals surface area contributed by atoms with Crippen LogP contribution in [0.2, 0.25) is 5.02 Å². The normalized spacial score (nSPS) is 10.7. The first-order valence-corrected chi connectivity index (χ1v) is 6.79. The maximum absolute atomic E-state index is 5.97. The summed E-state index contributed by atoms with van der Waals surface area (Å²) >= 11 is 5.97. The molecular weight excluding hydrogens is 270 g/mol. The van der Waals surface area contributed by atoms with Gasteiger partial charge in [-0.25, -0.2) is 0 Å². The van der Waals surface area contributed by atoms with E-state index in [-0.39, 0.29) is 0 Å². The highest BCUT2D eigenvalue weighted by atomic mass is 35.5. The van der Waals surface area contributed by atoms with Gasteiger partial charge in [-0.1, -0.05) is 41.9 Å². The largest absolute Gasteiger partial charge is 0.457 e. The molecule has 0 saturated heterocycles. The Labute approximate surface area is 122 Å². The molecule has 3 aromatic rings. The third-order valence-corrected chi connectivity index (χ3v) is 3.43. The molecule has 3 rings (SSSR count). The van der Waals surface area contributed by atoms with Crippen molar-refractivity contribution in [2.45, 2.75) is 6.54 Å². The summed E-state index contributed by atoms with van der Waals surface area (Å²) in [6.45, 7) is 0.392. The third kappa shape index (κ3) is 2.62. The van der Waals surface area contributed by atoms with Crippen LogP contribution >= 0.6 is 11.6 Å². The minimum atomic E-state index is 0.392. The number of nitrogens with two attached hydrogens (primary N) is 1. The summed E-state index contributed by atoms with van der Waals surface area (Å²) in [6.07, 6.45) is 0. The molecule has 0 aliphatic rings. The van der Waals surface area contributed by atoms with Gasteiger partial charge in [-0.05, 0) is 41.1 Å². The molecule has 0 aliphatic heterocycles. The first-order valence-electron chi connectivity index (χ1n) is 6.41. The standard InChI is InChI=1S/C17H14ClNO/c18-15-6-8-17(14(9-15)11-19)20-16-7-5-12-3-1-2-4-13(12)10-16/h1-10H,11,19H2. The Balaban J connectivity index is 1.96. The fourth-order valence-electron chi connectivity index (χ4n) is 2.16. The van der Waals surface area contributed by atoms with E-state index in [1.54, 1.807) is 6.07 Å². The van der Waals surface area contributed by atoms with Gasteiger partial charge in [-0.15, -0.1) is 0 Å². The van der Waals surface area contributed by atoms with Gasteiger partial charge in [0.1, 0.15) is 11.5 Å². The zero-order valence-electron chi connectivity index (χ0n) is 10.8. The van der Waals surface area contributed by atoms with Gasteiger partial charge in [0.25, 0.3) is 0 Å². The topological polar surface area (TPSA) is 35.2 Å². The summed E-state index contributed by atoms with van der Waals surface area (Å²) in [5, 5.41) is 3.00. The molecule has 0 aliphatic carbocycles. The number of hydrogen-bond acceptors (Lipinski definition) is 2. The third-order valence-electron chi connectivity index (χ3n) is 3.19. The lowest BCUT2D eigenvalue weighted by molar-refractivity contribution is 0.477. The molecule has 0 spiro atoms. The van der Waals surface area contributed by atoms with Crippen molar-refractivity contribution in [1.29, 1.82) is 0 Å². The summed E-state index contributed by atoms with van der Waals surface area (Å²) in [6, 6.07) is 19.7. The van der Waals surface area contributed by atoms with E-state index in [0.717, 1.165) is 22.4 Å². The number of hydrogen-bond donors (Lipinski definition) is 1. The molecule has 0 fully saturated rings. The van der Waals surface area contributed by atoms with Crippen LogP contribution in [0.25, 0.3) is 10.8 Å². The van der Waals surface area contributed by atoms with Crippen LogP contribution in [0.5, 0.6) is 11.5 Å². The average Bonchev–Trinajstić information content (AvgIpc) is 2.49. The van der Waals surface area contributed by atoms with E-state index in [1.165, 1.54) is 5.39 Å². The lowest BCUT2D eigenvalue weighted by Gasteiger charge is -2.11. The van der Waals surface area contributed by atoms with E-state index in [0.29, 0.717) is 11.6 Å². The first kappa shape index (κ1) is 13.0. The van der Waals surface area contributed by atoms with Crippen LogP contribution in [-0.2, 0) is 6.54 Å². The van der Waals surface area contributed by atoms with E-state index in [1.807, 2.05) is 42.5 Å². The zero-order valence-corrected chi connectivity index (χ0v) is 11.6. The van der Waals surface area contributed by atoms with Crippen molar-refractivity contribution < 1.29 is 4.74 Å². The predicted molar refractivity (Wildman–Crippen MR) is 83.4 cm³/mol. The average molecular weight is 284 g/mol. The Morgan fingerprint density at radius 1 is 0.900 bits per heavy atom. The van der Waals surface area contributed by atoms with E-state index < -0.39 is 0 Å². The molecule has 0 radical (unpaired) electrons. The predicted octanol–water partition coefficient (Wildman–Crippen LogP) is 4.74. The Morgan fingerprint density at radius 2 is 1.70 bits per heavy atom. The molecule has 2 nitrogen and oxygen atoms in total. The molecule has 0 bridgehead atoms. The second-order valence-corrected chi connectivity index (χ2v) is 5.00. The van der Waals surface area contributed by atoms with Crippen LogP contribution in [0.3, 0.4) is 0 Å². The van der Waals surface area contributed by atoms with Gasteiger partial charge in [0, 0.05) is 17.1 Å². The molecule has 3 aromatic carbocycles. The fourth-order valence-corrected chi connectivity index (χ4v) is 2.36. The fraction of sp³-hybridized carbons (Fsp3) is 0.0588. The van der Waals surface area contributed by atoms with Gasteiger partial charge in [-0.3, -0.25) is 0 Å². The highest BCUT2D eigenvalue weighted by Gasteiger charge is 2.05. The molecule has 0 atom stereocenters. The van der Waals surface area contributed by atoms with Crippen molar-refractivity contribution in [2.75, 3.05) is 0 Å². The lowest BCUT2D eigenvalue weighted by atomic mass is 10.1. The molecule has 0 unspecified atom stereocenters. The maximum Gasteiger partial charge on any atom is 0.132 e. The van der Waals surface area contributed by atoms with Gasteiger partial charge in [0.15, 0.2) is 0 Å². The van der Waals surface area contributed by atoms with Crippen molar-refractivity contribution in [3.63, 3.8) is 0 Å². The number of fused-ring (bicyclic) bond motifs is 1. The molecule has 20 heavy (non-hydrogen) atoms. The minimum Gasteiger partial charge on any atom is -0.457 e. The summed E-state index contributed by atoms with van der Waals surface area (Å²) in [5.74, 6) is 1.54. The quantitative estimate of drug-likeness (QED) is 0.753. The van der Waals surface area contributed by atoms with Crippen LogP contribution in [-0.4, -0.2) is 0 Å². The van der Waals surface area contributed by atoms with Gasteiger partial charge in [-0.2, -0.15) is 0 Å². The van der Waals surface area contributed by atoms with Crippen LogP contribution < -0.4 is 10.5 Å². The van der Waals surface area contributed by atoms with Crippen molar-refractivity contribution >= 4 is 22.4 Å². The Hall–Kier alpha value is -2.03. The van der Waals surface area contributed by atoms with Crippen LogP contribution in [0.15, 0.2) is 60.7 Å². The zero-order chi connectivity index (χ0) is 13.9. The van der Waals surface area contributed by atoms with E-state index in [4.69, 9.17) is 22.1 Å². The van der Waals surface area contributed by atoms with Crippen LogP contribution in [0.4, 0.5) is 0 Å². The molecule has 100 valence electrons. The lowest BCUT2D eigenvalue weighted by Crippen LogP contribution is -1.99. The molecule has 0 saturated carbocycles. The Bertz CT molecular complexity index is 755. The second-order valence-electron chi connectivity index (χ2n) is 4.57. The van der Waals surface area contributed by atoms with Crippen molar-refractivity contribution in [3.05, 3.63) is 71.2 Å². The van der Waals surface area contributed by atoms with Crippen molar-refractivity contribution in [3.8, 4) is 11.5 Å². The Kier molecular flexibility index (Phi) is 3.59. The molecule has 0 heterocycles. The van der Waals surface area contributed by atoms with Gasteiger partial charge in [0.2, 0.25) is 0 Å². The van der Waals surface area contributed by atoms with Crippen molar-refractivity contribution in [1.82, 2.24) is 0 Å². The van der Waals surface area contributed by atoms with E-state index >= 15 is 0 Å². The summed E-state index contributed by atoms with van der Waals surface area (Å²) < 4.78 is 5.92. The van der Waals surface area contributed by atoms with Crippen molar-refractivity contribution in [2.24, 2.45) is 5.73 Å². The maximum atomic E-state index is 5.97. The minimum absolute atomic E-state index is 0.392. The molecule has 3 heteroatoms. The van der Waals surface area contributed by atoms with Crippen LogP contribution in [0, 0.1) is 0 Å². The SMILES string of the molecule is NCc1cc(Cl)ccc1Oc1ccc2ccccc2c1. The molecule has 0 amide bonds. The monoisotopic (exact) mass is 283 g/mol. The molecule has 2 N–H and O–H groups in total. The van der Waals surface area contributed by atoms with Gasteiger partial charge in [0.05, 0.1) is 0 Å². The number of halogens is 1. The first-order chi connectivity index (χ1) is 9.76. The second kappa shape index (κ2) is 5.53. The van der Waals surface area contributed by atoms with E-state index in [9.17, 15) is 0 Å². The number of ether oxygens (including phenoxy) is 1. The van der Waals surface area contributed by atoms with E-state index in [2.05, 4.69) is 12.1 Å². The highest BCUT2D eigenvalue weighted by Crippen LogP contribution is 2.29. The molecule has 0 aromatic heterocycles. The van der Waals surface area contributed by atoms with Gasteiger partial charge < -0.3 is 10.5 Å². The van der Waals surface area contributed by atoms with Crippen LogP contribution in [0.1, 0.15) is 5.56 Å². The summed E-state index contributed by atoms with van der Waals surface area (Å²) in [4.78, 5) is 0. The molecular formula is C17H14ClNO. The highest BCUT2D eigenvalue weighted by molar-refractivity contribution is 6.30. The summed E-state index contributed by atoms with van der Waals surface area (Å²) in [7, 11) is 0. The number of rotatable bonds is 3. The Morgan fingerprint density at radius 3 is 2.50 bits per heavy atom. The summed E-state index contributed by atoms with van der Waals surface area (Å²) in [5.41, 5.74) is 6.62. The smallest absolute Gasteiger partial charge is 0.132 e. The number of benzene rings is 3. The van der Waals surface area contributed by atoms with Gasteiger partial charge >= 0.3 is 0 Å².